The molecule has 1 aromatic heterocycles. The maximum absolute atomic E-state index is 12.2. The summed E-state index contributed by atoms with van der Waals surface area (Å²) in [7, 11) is 0. The first kappa shape index (κ1) is 13.7. The lowest BCUT2D eigenvalue weighted by molar-refractivity contribution is 0.102. The SMILES string of the molecule is CCCc1ccc(C)c(C(=O)Nc2nnc(C)s2)c1. The molecular weight excluding hydrogens is 258 g/mol. The van der Waals surface area contributed by atoms with Crippen molar-refractivity contribution in [2.24, 2.45) is 0 Å². The first-order chi connectivity index (χ1) is 9.10. The number of hydrogen-bond donors (Lipinski definition) is 1. The van der Waals surface area contributed by atoms with Crippen molar-refractivity contribution in [1.29, 1.82) is 0 Å². The van der Waals surface area contributed by atoms with Gasteiger partial charge in [-0.3, -0.25) is 10.1 Å². The number of anilines is 1. The lowest BCUT2D eigenvalue weighted by Gasteiger charge is -2.07. The second kappa shape index (κ2) is 5.93. The summed E-state index contributed by atoms with van der Waals surface area (Å²) >= 11 is 1.38. The molecule has 0 unspecified atom stereocenters. The Balaban J connectivity index is 2.20. The molecule has 0 spiro atoms. The summed E-state index contributed by atoms with van der Waals surface area (Å²) in [6.07, 6.45) is 2.05. The van der Waals surface area contributed by atoms with Gasteiger partial charge in [0.2, 0.25) is 5.13 Å². The van der Waals surface area contributed by atoms with E-state index in [-0.39, 0.29) is 5.91 Å². The molecule has 2 aromatic rings. The minimum atomic E-state index is -0.119. The highest BCUT2D eigenvalue weighted by atomic mass is 32.1. The maximum Gasteiger partial charge on any atom is 0.257 e. The van der Waals surface area contributed by atoms with Crippen LogP contribution < -0.4 is 5.32 Å². The Bertz CT molecular complexity index is 592. The average Bonchev–Trinajstić information content (AvgIpc) is 2.77. The molecule has 100 valence electrons. The van der Waals surface area contributed by atoms with Gasteiger partial charge in [-0.15, -0.1) is 10.2 Å². The minimum absolute atomic E-state index is 0.119. The molecule has 0 atom stereocenters. The number of benzene rings is 1. The fourth-order valence-electron chi connectivity index (χ4n) is 1.87. The van der Waals surface area contributed by atoms with Crippen molar-refractivity contribution >= 4 is 22.4 Å². The van der Waals surface area contributed by atoms with Crippen LogP contribution in [0.15, 0.2) is 18.2 Å². The Morgan fingerprint density at radius 3 is 2.74 bits per heavy atom. The Hall–Kier alpha value is -1.75. The number of nitrogens with one attached hydrogen (secondary N) is 1. The number of nitrogens with zero attached hydrogens (tertiary/aromatic N) is 2. The van der Waals surface area contributed by atoms with Crippen LogP contribution in [0.2, 0.25) is 0 Å². The third kappa shape index (κ3) is 3.38. The van der Waals surface area contributed by atoms with Crippen molar-refractivity contribution in [1.82, 2.24) is 10.2 Å². The van der Waals surface area contributed by atoms with Gasteiger partial charge < -0.3 is 0 Å². The normalized spacial score (nSPS) is 10.5. The van der Waals surface area contributed by atoms with Crippen molar-refractivity contribution in [2.45, 2.75) is 33.6 Å². The first-order valence-electron chi connectivity index (χ1n) is 6.31. The van der Waals surface area contributed by atoms with Crippen LogP contribution >= 0.6 is 11.3 Å². The van der Waals surface area contributed by atoms with Gasteiger partial charge in [0, 0.05) is 5.56 Å². The number of aryl methyl sites for hydroxylation is 3. The Labute approximate surface area is 116 Å². The Morgan fingerprint density at radius 2 is 2.11 bits per heavy atom. The monoisotopic (exact) mass is 275 g/mol. The Morgan fingerprint density at radius 1 is 1.32 bits per heavy atom. The molecule has 19 heavy (non-hydrogen) atoms. The molecular formula is C14H17N3OS. The van der Waals surface area contributed by atoms with Gasteiger partial charge in [0.1, 0.15) is 5.01 Å². The summed E-state index contributed by atoms with van der Waals surface area (Å²) in [4.78, 5) is 12.2. The van der Waals surface area contributed by atoms with Crippen molar-refractivity contribution in [3.63, 3.8) is 0 Å². The topological polar surface area (TPSA) is 54.9 Å². The molecule has 1 N–H and O–H groups in total. The number of carbonyl (C=O) groups is 1. The predicted molar refractivity (Wildman–Crippen MR) is 77.8 cm³/mol. The minimum Gasteiger partial charge on any atom is -0.296 e. The predicted octanol–water partition coefficient (Wildman–Crippen LogP) is 3.36. The van der Waals surface area contributed by atoms with Crippen LogP contribution in [0.25, 0.3) is 0 Å². The molecule has 1 heterocycles. The molecule has 0 aliphatic carbocycles. The zero-order valence-corrected chi connectivity index (χ0v) is 12.2. The molecule has 0 fully saturated rings. The van der Waals surface area contributed by atoms with Gasteiger partial charge in [0.15, 0.2) is 0 Å². The Kier molecular flexibility index (Phi) is 4.27. The van der Waals surface area contributed by atoms with Crippen molar-refractivity contribution in [3.8, 4) is 0 Å². The third-order valence-corrected chi connectivity index (χ3v) is 3.59. The van der Waals surface area contributed by atoms with Gasteiger partial charge in [-0.2, -0.15) is 0 Å². The van der Waals surface area contributed by atoms with E-state index in [0.717, 1.165) is 23.4 Å². The zero-order valence-electron chi connectivity index (χ0n) is 11.4. The largest absolute Gasteiger partial charge is 0.296 e. The van der Waals surface area contributed by atoms with Crippen LogP contribution in [0.5, 0.6) is 0 Å². The van der Waals surface area contributed by atoms with Crippen LogP contribution in [-0.2, 0) is 6.42 Å². The quantitative estimate of drug-likeness (QED) is 0.930. The molecule has 1 amide bonds. The van der Waals surface area contributed by atoms with Crippen LogP contribution in [-0.4, -0.2) is 16.1 Å². The number of aromatic nitrogens is 2. The summed E-state index contributed by atoms with van der Waals surface area (Å²) in [5.41, 5.74) is 2.86. The molecule has 1 aromatic carbocycles. The lowest BCUT2D eigenvalue weighted by atomic mass is 10.0. The number of carbonyl (C=O) groups excluding carboxylic acids is 1. The summed E-state index contributed by atoms with van der Waals surface area (Å²) in [5.74, 6) is -0.119. The highest BCUT2D eigenvalue weighted by Crippen LogP contribution is 2.18. The molecule has 0 radical (unpaired) electrons. The van der Waals surface area contributed by atoms with Gasteiger partial charge in [-0.25, -0.2) is 0 Å². The second-order valence-corrected chi connectivity index (χ2v) is 5.66. The van der Waals surface area contributed by atoms with E-state index in [4.69, 9.17) is 0 Å². The molecule has 0 saturated heterocycles. The third-order valence-electron chi connectivity index (χ3n) is 2.83. The van der Waals surface area contributed by atoms with Gasteiger partial charge in [-0.05, 0) is 37.5 Å². The van der Waals surface area contributed by atoms with E-state index in [1.165, 1.54) is 16.9 Å². The fraction of sp³-hybridized carbons (Fsp3) is 0.357. The van der Waals surface area contributed by atoms with Crippen molar-refractivity contribution in [2.75, 3.05) is 5.32 Å². The molecule has 0 bridgehead atoms. The van der Waals surface area contributed by atoms with Crippen LogP contribution in [0.4, 0.5) is 5.13 Å². The van der Waals surface area contributed by atoms with Crippen molar-refractivity contribution in [3.05, 3.63) is 39.9 Å². The van der Waals surface area contributed by atoms with Crippen LogP contribution in [0.3, 0.4) is 0 Å². The van der Waals surface area contributed by atoms with Gasteiger partial charge in [0.25, 0.3) is 5.91 Å². The summed E-state index contributed by atoms with van der Waals surface area (Å²) < 4.78 is 0. The highest BCUT2D eigenvalue weighted by Gasteiger charge is 2.12. The second-order valence-electron chi connectivity index (χ2n) is 4.48. The molecule has 4 nitrogen and oxygen atoms in total. The molecule has 2 rings (SSSR count). The van der Waals surface area contributed by atoms with E-state index in [1.807, 2.05) is 26.0 Å². The zero-order chi connectivity index (χ0) is 13.8. The fourth-order valence-corrected chi connectivity index (χ4v) is 2.46. The van der Waals surface area contributed by atoms with E-state index in [9.17, 15) is 4.79 Å². The van der Waals surface area contributed by atoms with E-state index in [1.54, 1.807) is 0 Å². The van der Waals surface area contributed by atoms with Gasteiger partial charge >= 0.3 is 0 Å². The summed E-state index contributed by atoms with van der Waals surface area (Å²) in [6, 6.07) is 6.03. The van der Waals surface area contributed by atoms with Gasteiger partial charge in [0.05, 0.1) is 0 Å². The highest BCUT2D eigenvalue weighted by molar-refractivity contribution is 7.15. The summed E-state index contributed by atoms with van der Waals surface area (Å²) in [6.45, 7) is 5.93. The average molecular weight is 275 g/mol. The van der Waals surface area contributed by atoms with E-state index in [2.05, 4.69) is 28.5 Å². The van der Waals surface area contributed by atoms with E-state index < -0.39 is 0 Å². The molecule has 0 aliphatic rings. The number of rotatable bonds is 4. The van der Waals surface area contributed by atoms with Crippen molar-refractivity contribution < 1.29 is 4.79 Å². The van der Waals surface area contributed by atoms with Gasteiger partial charge in [-0.1, -0.05) is 36.8 Å². The lowest BCUT2D eigenvalue weighted by Crippen LogP contribution is -2.13. The van der Waals surface area contributed by atoms with E-state index >= 15 is 0 Å². The summed E-state index contributed by atoms with van der Waals surface area (Å²) in [5, 5.41) is 12.0. The standard InChI is InChI=1S/C14H17N3OS/c1-4-5-11-7-6-9(2)12(8-11)13(18)15-14-17-16-10(3)19-14/h6-8H,4-5H2,1-3H3,(H,15,17,18). The molecule has 0 saturated carbocycles. The van der Waals surface area contributed by atoms with E-state index in [0.29, 0.717) is 10.7 Å². The number of amides is 1. The van der Waals surface area contributed by atoms with Crippen LogP contribution in [0.1, 0.15) is 39.8 Å². The van der Waals surface area contributed by atoms with Crippen LogP contribution in [0, 0.1) is 13.8 Å². The smallest absolute Gasteiger partial charge is 0.257 e. The molecule has 5 heteroatoms. The number of hydrogen-bond acceptors (Lipinski definition) is 4. The molecule has 0 aliphatic heterocycles. The first-order valence-corrected chi connectivity index (χ1v) is 7.12. The maximum atomic E-state index is 12.2.